The van der Waals surface area contributed by atoms with Crippen molar-refractivity contribution in [2.45, 2.75) is 32.7 Å². The lowest BCUT2D eigenvalue weighted by Gasteiger charge is -2.30. The molecule has 1 aliphatic rings. The Morgan fingerprint density at radius 1 is 1.31 bits per heavy atom. The number of hydrogen-bond donors (Lipinski definition) is 1. The van der Waals surface area contributed by atoms with E-state index in [-0.39, 0.29) is 29.9 Å². The number of benzene rings is 1. The molecule has 0 aromatic heterocycles. The monoisotopic (exact) mass is 465 g/mol. The number of rotatable bonds is 10. The van der Waals surface area contributed by atoms with E-state index < -0.39 is 28.5 Å². The highest BCUT2D eigenvalue weighted by Gasteiger charge is 2.39. The number of carbonyl (C=O) groups excluding carboxylic acids is 2. The Balaban J connectivity index is 2.46. The van der Waals surface area contributed by atoms with E-state index >= 15 is 0 Å². The zero-order valence-corrected chi connectivity index (χ0v) is 19.3. The van der Waals surface area contributed by atoms with Gasteiger partial charge in [0, 0.05) is 18.7 Å². The van der Waals surface area contributed by atoms with Crippen molar-refractivity contribution in [2.24, 2.45) is 10.8 Å². The highest BCUT2D eigenvalue weighted by Crippen LogP contribution is 2.29. The van der Waals surface area contributed by atoms with Gasteiger partial charge in [0.15, 0.2) is 5.50 Å². The predicted molar refractivity (Wildman–Crippen MR) is 120 cm³/mol. The largest absolute Gasteiger partial charge is 0.466 e. The number of amides is 1. The van der Waals surface area contributed by atoms with Crippen LogP contribution in [0.15, 0.2) is 40.8 Å². The summed E-state index contributed by atoms with van der Waals surface area (Å²) in [5.74, 6) is 5.14. The number of carbonyl (C=O) groups is 2. The van der Waals surface area contributed by atoms with Crippen molar-refractivity contribution < 1.29 is 24.0 Å². The first-order valence-corrected chi connectivity index (χ1v) is 11.3. The maximum Gasteiger partial charge on any atom is 0.352 e. The zero-order valence-electron chi connectivity index (χ0n) is 18.4. The average Bonchev–Trinajstić information content (AvgIpc) is 2.76. The van der Waals surface area contributed by atoms with Crippen LogP contribution in [0.5, 0.6) is 5.75 Å². The second-order valence-electron chi connectivity index (χ2n) is 6.55. The summed E-state index contributed by atoms with van der Waals surface area (Å²) in [5.41, 5.74) is -1.01. The number of allylic oxidation sites excluding steroid dienone is 1. The van der Waals surface area contributed by atoms with E-state index in [1.54, 1.807) is 36.3 Å². The second kappa shape index (κ2) is 11.5. The van der Waals surface area contributed by atoms with Crippen LogP contribution in [0.3, 0.4) is 0 Å². The van der Waals surface area contributed by atoms with Crippen LogP contribution in [0, 0.1) is 10.1 Å². The van der Waals surface area contributed by atoms with Gasteiger partial charge in [-0.05, 0) is 45.2 Å². The second-order valence-corrected chi connectivity index (χ2v) is 7.44. The molecular weight excluding hydrogens is 438 g/mol. The minimum Gasteiger partial charge on any atom is -0.466 e. The number of nitrogens with two attached hydrogens (primary N) is 1. The summed E-state index contributed by atoms with van der Waals surface area (Å²) in [5, 5.41) is 12.9. The first kappa shape index (κ1) is 25.1. The molecule has 0 spiro atoms. The molecule has 0 bridgehead atoms. The maximum absolute atomic E-state index is 12.7. The fourth-order valence-corrected chi connectivity index (χ4v) is 3.58. The van der Waals surface area contributed by atoms with Crippen molar-refractivity contribution in [3.8, 4) is 5.75 Å². The number of hydrazine groups is 1. The van der Waals surface area contributed by atoms with E-state index in [0.717, 1.165) is 5.01 Å². The minimum atomic E-state index is -0.751. The topological polar surface area (TPSA) is 141 Å². The van der Waals surface area contributed by atoms with Crippen LogP contribution in [0.4, 0.5) is 0 Å². The van der Waals surface area contributed by atoms with E-state index in [9.17, 15) is 19.7 Å². The van der Waals surface area contributed by atoms with Crippen molar-refractivity contribution in [3.63, 3.8) is 0 Å². The number of thioether (sulfide) groups is 1. The molecule has 1 atom stereocenters. The Morgan fingerprint density at radius 2 is 2.00 bits per heavy atom. The maximum atomic E-state index is 12.7. The Morgan fingerprint density at radius 3 is 2.56 bits per heavy atom. The normalized spacial score (nSPS) is 15.8. The molecule has 2 rings (SSSR count). The number of nitro groups is 1. The molecule has 0 saturated carbocycles. The van der Waals surface area contributed by atoms with Crippen LogP contribution in [-0.4, -0.2) is 63.9 Å². The molecule has 0 aliphatic carbocycles. The highest BCUT2D eigenvalue weighted by molar-refractivity contribution is 7.99. The van der Waals surface area contributed by atoms with E-state index in [4.69, 9.17) is 15.3 Å². The lowest BCUT2D eigenvalue weighted by atomic mass is 10.1. The van der Waals surface area contributed by atoms with Crippen LogP contribution in [0.1, 0.15) is 37.6 Å². The summed E-state index contributed by atoms with van der Waals surface area (Å²) < 4.78 is 10.7. The molecule has 0 fully saturated rings. The first-order chi connectivity index (χ1) is 15.3. The number of hydrogen-bond acceptors (Lipinski definition) is 10. The quantitative estimate of drug-likeness (QED) is 0.238. The van der Waals surface area contributed by atoms with Gasteiger partial charge in [0.2, 0.25) is 0 Å². The molecule has 1 unspecified atom stereocenters. The van der Waals surface area contributed by atoms with E-state index in [2.05, 4.69) is 4.99 Å². The number of ether oxygens (including phenoxy) is 2. The lowest BCUT2D eigenvalue weighted by molar-refractivity contribution is -0.419. The van der Waals surface area contributed by atoms with Crippen LogP contribution in [0.2, 0.25) is 0 Å². The summed E-state index contributed by atoms with van der Waals surface area (Å²) in [4.78, 5) is 41.7. The van der Waals surface area contributed by atoms with Gasteiger partial charge >= 0.3 is 11.7 Å². The average molecular weight is 466 g/mol. The van der Waals surface area contributed by atoms with E-state index in [1.165, 1.54) is 17.8 Å². The Hall–Kier alpha value is -3.12. The van der Waals surface area contributed by atoms with Gasteiger partial charge in [0.25, 0.3) is 11.8 Å². The van der Waals surface area contributed by atoms with Gasteiger partial charge in [-0.3, -0.25) is 19.7 Å². The third kappa shape index (κ3) is 5.77. The molecule has 1 aromatic rings. The molecule has 174 valence electrons. The van der Waals surface area contributed by atoms with Crippen molar-refractivity contribution in [2.75, 3.05) is 26.0 Å². The molecule has 32 heavy (non-hydrogen) atoms. The fourth-order valence-electron chi connectivity index (χ4n) is 3.03. The SMILES string of the molecule is CCOC(=O)CC1=NC(SC)N(N)C(Oc2cccc(C(=O)N(CC)CC)c2)=C1[N+](=O)[O-]. The molecule has 2 N–H and O–H groups in total. The first-order valence-electron chi connectivity index (χ1n) is 10.0. The van der Waals surface area contributed by atoms with Gasteiger partial charge in [-0.15, -0.1) is 11.8 Å². The molecule has 1 amide bonds. The summed E-state index contributed by atoms with van der Waals surface area (Å²) in [6.07, 6.45) is 1.32. The Labute approximate surface area is 190 Å². The Kier molecular flexibility index (Phi) is 9.02. The number of nitrogens with zero attached hydrogens (tertiary/aromatic N) is 4. The van der Waals surface area contributed by atoms with Crippen LogP contribution < -0.4 is 10.6 Å². The van der Waals surface area contributed by atoms with Crippen LogP contribution in [-0.2, 0) is 9.53 Å². The standard InChI is InChI=1S/C20H27N5O6S/c1-5-23(6-2)18(27)13-9-8-10-14(11-13)31-19-17(25(28)29)15(12-16(26)30-7-3)22-20(32-4)24(19)21/h8-11,20H,5-7,12,21H2,1-4H3. The third-order valence-electron chi connectivity index (χ3n) is 4.57. The smallest absolute Gasteiger partial charge is 0.352 e. The van der Waals surface area contributed by atoms with Crippen LogP contribution >= 0.6 is 11.8 Å². The van der Waals surface area contributed by atoms with E-state index in [0.29, 0.717) is 18.7 Å². The van der Waals surface area contributed by atoms with Crippen molar-refractivity contribution in [1.29, 1.82) is 0 Å². The molecule has 12 heteroatoms. The molecule has 1 heterocycles. The van der Waals surface area contributed by atoms with Gasteiger partial charge in [-0.2, -0.15) is 0 Å². The van der Waals surface area contributed by atoms with Crippen molar-refractivity contribution in [1.82, 2.24) is 9.91 Å². The minimum absolute atomic E-state index is 0.0973. The van der Waals surface area contributed by atoms with Gasteiger partial charge in [0.05, 0.1) is 18.0 Å². The molecular formula is C20H27N5O6S. The molecule has 11 nitrogen and oxygen atoms in total. The fraction of sp³-hybridized carbons (Fsp3) is 0.450. The van der Waals surface area contributed by atoms with Crippen molar-refractivity contribution in [3.05, 3.63) is 51.5 Å². The lowest BCUT2D eigenvalue weighted by Crippen LogP contribution is -2.45. The summed E-state index contributed by atoms with van der Waals surface area (Å²) >= 11 is 1.21. The van der Waals surface area contributed by atoms with Gasteiger partial charge < -0.3 is 14.4 Å². The molecule has 1 aromatic carbocycles. The zero-order chi connectivity index (χ0) is 23.8. The summed E-state index contributed by atoms with van der Waals surface area (Å²) in [6, 6.07) is 6.30. The Bertz CT molecular complexity index is 931. The van der Waals surface area contributed by atoms with Gasteiger partial charge in [-0.1, -0.05) is 6.07 Å². The summed E-state index contributed by atoms with van der Waals surface area (Å²) in [7, 11) is 0. The molecule has 0 radical (unpaired) electrons. The van der Waals surface area contributed by atoms with Crippen molar-refractivity contribution >= 4 is 29.4 Å². The number of esters is 1. The third-order valence-corrected chi connectivity index (χ3v) is 5.33. The molecule has 0 saturated heterocycles. The van der Waals surface area contributed by atoms with E-state index in [1.807, 2.05) is 13.8 Å². The van der Waals surface area contributed by atoms with Crippen LogP contribution in [0.25, 0.3) is 0 Å². The predicted octanol–water partition coefficient (Wildman–Crippen LogP) is 2.22. The highest BCUT2D eigenvalue weighted by atomic mass is 32.2. The summed E-state index contributed by atoms with van der Waals surface area (Å²) in [6.45, 7) is 6.59. The molecule has 1 aliphatic heterocycles. The number of aliphatic imine (C=N–C) groups is 1. The van der Waals surface area contributed by atoms with Gasteiger partial charge in [-0.25, -0.2) is 15.8 Å². The van der Waals surface area contributed by atoms with Gasteiger partial charge in [0.1, 0.15) is 11.5 Å².